The number of halogens is 2. The number of nitrogens with one attached hydrogen (secondary N) is 1. The molecular weight excluding hydrogens is 388 g/mol. The van der Waals surface area contributed by atoms with Crippen LogP contribution in [0, 0.1) is 0 Å². The Labute approximate surface area is 148 Å². The zero-order valence-corrected chi connectivity index (χ0v) is 16.6. The summed E-state index contributed by atoms with van der Waals surface area (Å²) in [5.41, 5.74) is 1.23. The minimum absolute atomic E-state index is 0.0811. The van der Waals surface area contributed by atoms with Gasteiger partial charge in [0.25, 0.3) is 0 Å². The van der Waals surface area contributed by atoms with Gasteiger partial charge < -0.3 is 5.32 Å². The van der Waals surface area contributed by atoms with E-state index in [0.717, 1.165) is 32.5 Å². The molecule has 0 bridgehead atoms. The Bertz CT molecular complexity index is 582. The maximum atomic E-state index is 6.20. The molecule has 2 nitrogen and oxygen atoms in total. The fourth-order valence-electron chi connectivity index (χ4n) is 1.87. The molecular formula is C15H20BrClN2S2. The minimum atomic E-state index is 0.0811. The van der Waals surface area contributed by atoms with Crippen molar-refractivity contribution in [2.75, 3.05) is 6.54 Å². The van der Waals surface area contributed by atoms with Crippen molar-refractivity contribution in [3.05, 3.63) is 35.8 Å². The lowest BCUT2D eigenvalue weighted by Crippen LogP contribution is -2.22. The van der Waals surface area contributed by atoms with Crippen molar-refractivity contribution in [3.63, 3.8) is 0 Å². The van der Waals surface area contributed by atoms with E-state index in [2.05, 4.69) is 60.4 Å². The van der Waals surface area contributed by atoms with Gasteiger partial charge in [-0.3, -0.25) is 0 Å². The molecule has 1 atom stereocenters. The van der Waals surface area contributed by atoms with Crippen molar-refractivity contribution in [3.8, 4) is 0 Å². The molecule has 0 amide bonds. The van der Waals surface area contributed by atoms with Crippen LogP contribution in [0.5, 0.6) is 0 Å². The van der Waals surface area contributed by atoms with Gasteiger partial charge in [0.15, 0.2) is 0 Å². The van der Waals surface area contributed by atoms with Gasteiger partial charge in [0.1, 0.15) is 9.34 Å². The topological polar surface area (TPSA) is 24.9 Å². The Balaban J connectivity index is 2.33. The van der Waals surface area contributed by atoms with Crippen LogP contribution >= 0.6 is 50.2 Å². The average Bonchev–Trinajstić information content (AvgIpc) is 2.98. The summed E-state index contributed by atoms with van der Waals surface area (Å²) in [5, 5.41) is 6.86. The molecule has 2 aromatic heterocycles. The Hall–Kier alpha value is 0.0600. The first-order valence-electron chi connectivity index (χ1n) is 6.97. The lowest BCUT2D eigenvalue weighted by Gasteiger charge is -2.16. The largest absolute Gasteiger partial charge is 0.304 e. The SMILES string of the molecule is CCCNC(c1cc(Br)c(Cl)s1)c1nc(C(C)(C)C)cs1. The van der Waals surface area contributed by atoms with Crippen LogP contribution in [0.15, 0.2) is 15.9 Å². The van der Waals surface area contributed by atoms with E-state index in [0.29, 0.717) is 0 Å². The van der Waals surface area contributed by atoms with Crippen LogP contribution < -0.4 is 5.32 Å². The fraction of sp³-hybridized carbons (Fsp3) is 0.533. The second-order valence-electron chi connectivity index (χ2n) is 5.98. The van der Waals surface area contributed by atoms with Crippen LogP contribution in [-0.2, 0) is 5.41 Å². The molecule has 1 unspecified atom stereocenters. The predicted molar refractivity (Wildman–Crippen MR) is 98.0 cm³/mol. The highest BCUT2D eigenvalue weighted by atomic mass is 79.9. The van der Waals surface area contributed by atoms with Crippen molar-refractivity contribution in [1.29, 1.82) is 0 Å². The normalized spacial score (nSPS) is 13.6. The van der Waals surface area contributed by atoms with Gasteiger partial charge in [-0.2, -0.15) is 0 Å². The first kappa shape index (κ1) is 17.4. The quantitative estimate of drug-likeness (QED) is 0.656. The number of hydrogen-bond acceptors (Lipinski definition) is 4. The highest BCUT2D eigenvalue weighted by Crippen LogP contribution is 2.38. The maximum absolute atomic E-state index is 6.20. The van der Waals surface area contributed by atoms with E-state index in [1.54, 1.807) is 22.7 Å². The lowest BCUT2D eigenvalue weighted by atomic mass is 9.93. The predicted octanol–water partition coefficient (Wildman–Crippen LogP) is 6.01. The monoisotopic (exact) mass is 406 g/mol. The summed E-state index contributed by atoms with van der Waals surface area (Å²) in [6.07, 6.45) is 1.09. The number of hydrogen-bond donors (Lipinski definition) is 1. The number of rotatable bonds is 5. The molecule has 0 aromatic carbocycles. The summed E-state index contributed by atoms with van der Waals surface area (Å²) in [7, 11) is 0. The van der Waals surface area contributed by atoms with Gasteiger partial charge in [-0.1, -0.05) is 39.3 Å². The third-order valence-electron chi connectivity index (χ3n) is 3.08. The number of aromatic nitrogens is 1. The molecule has 2 aromatic rings. The van der Waals surface area contributed by atoms with E-state index in [1.807, 2.05) is 0 Å². The van der Waals surface area contributed by atoms with E-state index in [-0.39, 0.29) is 11.5 Å². The lowest BCUT2D eigenvalue weighted by molar-refractivity contribution is 0.559. The molecule has 0 spiro atoms. The minimum Gasteiger partial charge on any atom is -0.304 e. The van der Waals surface area contributed by atoms with E-state index < -0.39 is 0 Å². The van der Waals surface area contributed by atoms with Gasteiger partial charge in [0.2, 0.25) is 0 Å². The fourth-order valence-corrected chi connectivity index (χ4v) is 4.89. The third kappa shape index (κ3) is 4.29. The number of thiophene rings is 1. The van der Waals surface area contributed by atoms with Crippen LogP contribution in [0.4, 0.5) is 0 Å². The smallest absolute Gasteiger partial charge is 0.115 e. The van der Waals surface area contributed by atoms with Crippen molar-refractivity contribution in [1.82, 2.24) is 10.3 Å². The van der Waals surface area contributed by atoms with Crippen molar-refractivity contribution in [2.24, 2.45) is 0 Å². The van der Waals surface area contributed by atoms with Gasteiger partial charge in [-0.25, -0.2) is 4.98 Å². The molecule has 0 saturated heterocycles. The van der Waals surface area contributed by atoms with E-state index in [9.17, 15) is 0 Å². The summed E-state index contributed by atoms with van der Waals surface area (Å²) in [6.45, 7) is 9.71. The highest BCUT2D eigenvalue weighted by molar-refractivity contribution is 9.10. The second kappa shape index (κ2) is 7.09. The summed E-state index contributed by atoms with van der Waals surface area (Å²) in [5.74, 6) is 0. The Morgan fingerprint density at radius 1 is 1.43 bits per heavy atom. The number of nitrogens with zero attached hydrogens (tertiary/aromatic N) is 1. The Morgan fingerprint density at radius 2 is 2.14 bits per heavy atom. The van der Waals surface area contributed by atoms with Crippen LogP contribution in [0.25, 0.3) is 0 Å². The summed E-state index contributed by atoms with van der Waals surface area (Å²) in [4.78, 5) is 6.06. The molecule has 6 heteroatoms. The van der Waals surface area contributed by atoms with Crippen molar-refractivity contribution < 1.29 is 0 Å². The highest BCUT2D eigenvalue weighted by Gasteiger charge is 2.24. The Kier molecular flexibility index (Phi) is 5.88. The van der Waals surface area contributed by atoms with Gasteiger partial charge in [0, 0.05) is 20.1 Å². The summed E-state index contributed by atoms with van der Waals surface area (Å²) in [6, 6.07) is 2.22. The summed E-state index contributed by atoms with van der Waals surface area (Å²) >= 11 is 13.0. The van der Waals surface area contributed by atoms with Gasteiger partial charge >= 0.3 is 0 Å². The van der Waals surface area contributed by atoms with Gasteiger partial charge in [0.05, 0.1) is 11.7 Å². The van der Waals surface area contributed by atoms with E-state index in [1.165, 1.54) is 4.88 Å². The molecule has 116 valence electrons. The van der Waals surface area contributed by atoms with Crippen LogP contribution in [0.1, 0.15) is 55.7 Å². The first-order valence-corrected chi connectivity index (χ1v) is 9.83. The molecule has 2 rings (SSSR count). The zero-order chi connectivity index (χ0) is 15.6. The van der Waals surface area contributed by atoms with Gasteiger partial charge in [-0.15, -0.1) is 22.7 Å². The number of thiazole rings is 1. The molecule has 21 heavy (non-hydrogen) atoms. The molecule has 1 N–H and O–H groups in total. The van der Waals surface area contributed by atoms with Crippen LogP contribution in [0.2, 0.25) is 4.34 Å². The molecule has 0 aliphatic rings. The van der Waals surface area contributed by atoms with Crippen LogP contribution in [0.3, 0.4) is 0 Å². The second-order valence-corrected chi connectivity index (χ2v) is 9.41. The van der Waals surface area contributed by atoms with E-state index in [4.69, 9.17) is 16.6 Å². The Morgan fingerprint density at radius 3 is 2.62 bits per heavy atom. The molecule has 2 heterocycles. The molecule has 0 aliphatic carbocycles. The molecule has 0 radical (unpaired) electrons. The first-order chi connectivity index (χ1) is 9.82. The molecule has 0 aliphatic heterocycles. The van der Waals surface area contributed by atoms with E-state index >= 15 is 0 Å². The maximum Gasteiger partial charge on any atom is 0.115 e. The molecule has 0 fully saturated rings. The third-order valence-corrected chi connectivity index (χ3v) is 6.53. The van der Waals surface area contributed by atoms with Crippen molar-refractivity contribution >= 4 is 50.2 Å². The summed E-state index contributed by atoms with van der Waals surface area (Å²) < 4.78 is 1.75. The van der Waals surface area contributed by atoms with Gasteiger partial charge in [-0.05, 0) is 35.0 Å². The van der Waals surface area contributed by atoms with Crippen molar-refractivity contribution in [2.45, 2.75) is 45.6 Å². The average molecular weight is 408 g/mol. The molecule has 0 saturated carbocycles. The van der Waals surface area contributed by atoms with Crippen LogP contribution in [-0.4, -0.2) is 11.5 Å². The zero-order valence-electron chi connectivity index (χ0n) is 12.7. The standard InChI is InChI=1S/C15H20BrClN2S2/c1-5-6-18-12(10-7-9(16)13(17)21-10)14-19-11(8-20-14)15(2,3)4/h7-8,12,18H,5-6H2,1-4H3.